The van der Waals surface area contributed by atoms with Crippen LogP contribution in [-0.2, 0) is 9.53 Å². The SMILES string of the molecule is CCOC(=O)C(C)(C)Nc1cc[nH]c1. The summed E-state index contributed by atoms with van der Waals surface area (Å²) in [7, 11) is 0. The summed E-state index contributed by atoms with van der Waals surface area (Å²) >= 11 is 0. The van der Waals surface area contributed by atoms with Crippen molar-refractivity contribution in [1.29, 1.82) is 0 Å². The summed E-state index contributed by atoms with van der Waals surface area (Å²) in [5.41, 5.74) is 0.182. The lowest BCUT2D eigenvalue weighted by molar-refractivity contribution is -0.147. The van der Waals surface area contributed by atoms with E-state index in [0.717, 1.165) is 5.69 Å². The van der Waals surface area contributed by atoms with E-state index in [9.17, 15) is 4.79 Å². The fourth-order valence-electron chi connectivity index (χ4n) is 1.13. The highest BCUT2D eigenvalue weighted by atomic mass is 16.5. The Hall–Kier alpha value is -1.45. The Morgan fingerprint density at radius 3 is 2.86 bits per heavy atom. The number of esters is 1. The zero-order valence-corrected chi connectivity index (χ0v) is 8.76. The van der Waals surface area contributed by atoms with Gasteiger partial charge in [0.1, 0.15) is 5.54 Å². The van der Waals surface area contributed by atoms with Gasteiger partial charge in [-0.1, -0.05) is 0 Å². The van der Waals surface area contributed by atoms with Gasteiger partial charge in [-0.15, -0.1) is 0 Å². The molecule has 2 N–H and O–H groups in total. The number of rotatable bonds is 4. The van der Waals surface area contributed by atoms with Gasteiger partial charge in [0.25, 0.3) is 0 Å². The van der Waals surface area contributed by atoms with Crippen molar-refractivity contribution < 1.29 is 9.53 Å². The molecule has 0 saturated heterocycles. The quantitative estimate of drug-likeness (QED) is 0.721. The van der Waals surface area contributed by atoms with Gasteiger partial charge in [-0.05, 0) is 26.8 Å². The van der Waals surface area contributed by atoms with Crippen molar-refractivity contribution >= 4 is 11.7 Å². The van der Waals surface area contributed by atoms with E-state index < -0.39 is 5.54 Å². The summed E-state index contributed by atoms with van der Waals surface area (Å²) in [5, 5.41) is 3.08. The zero-order chi connectivity index (χ0) is 10.6. The van der Waals surface area contributed by atoms with E-state index in [0.29, 0.717) is 6.61 Å². The molecule has 0 amide bonds. The molecule has 4 heteroatoms. The first-order chi connectivity index (χ1) is 6.56. The molecule has 0 unspecified atom stereocenters. The van der Waals surface area contributed by atoms with E-state index >= 15 is 0 Å². The first kappa shape index (κ1) is 10.6. The average Bonchev–Trinajstić information content (AvgIpc) is 2.56. The van der Waals surface area contributed by atoms with Gasteiger partial charge in [-0.2, -0.15) is 0 Å². The van der Waals surface area contributed by atoms with Crippen LogP contribution in [0, 0.1) is 0 Å². The number of aromatic amines is 1. The maximum atomic E-state index is 11.5. The number of aromatic nitrogens is 1. The van der Waals surface area contributed by atoms with Gasteiger partial charge in [0.2, 0.25) is 0 Å². The summed E-state index contributed by atoms with van der Waals surface area (Å²) in [5.74, 6) is -0.249. The molecule has 1 rings (SSSR count). The Morgan fingerprint density at radius 1 is 1.64 bits per heavy atom. The molecule has 0 aliphatic rings. The molecule has 0 aromatic carbocycles. The van der Waals surface area contributed by atoms with Crippen LogP contribution in [-0.4, -0.2) is 23.1 Å². The Kier molecular flexibility index (Phi) is 3.17. The minimum absolute atomic E-state index is 0.249. The van der Waals surface area contributed by atoms with Crippen LogP contribution in [0.15, 0.2) is 18.5 Å². The number of hydrogen-bond donors (Lipinski definition) is 2. The van der Waals surface area contributed by atoms with Crippen LogP contribution in [0.1, 0.15) is 20.8 Å². The van der Waals surface area contributed by atoms with Gasteiger partial charge in [0, 0.05) is 12.4 Å². The third-order valence-corrected chi connectivity index (χ3v) is 1.84. The predicted molar refractivity (Wildman–Crippen MR) is 55.1 cm³/mol. The molecule has 0 saturated carbocycles. The number of ether oxygens (including phenoxy) is 1. The standard InChI is InChI=1S/C10H16N2O2/c1-4-14-9(13)10(2,3)12-8-5-6-11-7-8/h5-7,11-12H,4H2,1-3H3. The Bertz CT molecular complexity index is 291. The first-order valence-corrected chi connectivity index (χ1v) is 4.64. The highest BCUT2D eigenvalue weighted by molar-refractivity contribution is 5.83. The molecule has 0 aliphatic heterocycles. The van der Waals surface area contributed by atoms with E-state index in [1.807, 2.05) is 6.07 Å². The number of H-pyrrole nitrogens is 1. The van der Waals surface area contributed by atoms with Crippen molar-refractivity contribution in [3.05, 3.63) is 18.5 Å². The molecular formula is C10H16N2O2. The van der Waals surface area contributed by atoms with E-state index in [4.69, 9.17) is 4.74 Å². The smallest absolute Gasteiger partial charge is 0.331 e. The molecule has 0 atom stereocenters. The topological polar surface area (TPSA) is 54.1 Å². The second kappa shape index (κ2) is 4.17. The van der Waals surface area contributed by atoms with Crippen LogP contribution in [0.4, 0.5) is 5.69 Å². The Labute approximate surface area is 83.7 Å². The van der Waals surface area contributed by atoms with Crippen LogP contribution in [0.5, 0.6) is 0 Å². The molecule has 78 valence electrons. The summed E-state index contributed by atoms with van der Waals surface area (Å²) in [6.45, 7) is 5.78. The lowest BCUT2D eigenvalue weighted by Crippen LogP contribution is -2.41. The Balaban J connectivity index is 2.61. The molecule has 0 fully saturated rings. The number of carbonyl (C=O) groups is 1. The zero-order valence-electron chi connectivity index (χ0n) is 8.76. The average molecular weight is 196 g/mol. The predicted octanol–water partition coefficient (Wildman–Crippen LogP) is 1.77. The van der Waals surface area contributed by atoms with Crippen molar-refractivity contribution in [2.24, 2.45) is 0 Å². The van der Waals surface area contributed by atoms with Crippen molar-refractivity contribution in [1.82, 2.24) is 4.98 Å². The maximum absolute atomic E-state index is 11.5. The third kappa shape index (κ3) is 2.52. The molecular weight excluding hydrogens is 180 g/mol. The molecule has 1 heterocycles. The van der Waals surface area contributed by atoms with E-state index in [1.165, 1.54) is 0 Å². The largest absolute Gasteiger partial charge is 0.464 e. The monoisotopic (exact) mass is 196 g/mol. The molecule has 4 nitrogen and oxygen atoms in total. The maximum Gasteiger partial charge on any atom is 0.331 e. The van der Waals surface area contributed by atoms with E-state index in [2.05, 4.69) is 10.3 Å². The third-order valence-electron chi connectivity index (χ3n) is 1.84. The van der Waals surface area contributed by atoms with Crippen LogP contribution < -0.4 is 5.32 Å². The van der Waals surface area contributed by atoms with Gasteiger partial charge >= 0.3 is 5.97 Å². The highest BCUT2D eigenvalue weighted by Crippen LogP contribution is 2.15. The number of hydrogen-bond acceptors (Lipinski definition) is 3. The van der Waals surface area contributed by atoms with Crippen LogP contribution in [0.3, 0.4) is 0 Å². The van der Waals surface area contributed by atoms with E-state index in [-0.39, 0.29) is 5.97 Å². The van der Waals surface area contributed by atoms with Crippen molar-refractivity contribution in [2.75, 3.05) is 11.9 Å². The van der Waals surface area contributed by atoms with Crippen LogP contribution in [0.25, 0.3) is 0 Å². The minimum Gasteiger partial charge on any atom is -0.464 e. The number of anilines is 1. The Morgan fingerprint density at radius 2 is 2.36 bits per heavy atom. The number of nitrogens with one attached hydrogen (secondary N) is 2. The van der Waals surface area contributed by atoms with Crippen LogP contribution in [0.2, 0.25) is 0 Å². The number of carbonyl (C=O) groups excluding carboxylic acids is 1. The molecule has 14 heavy (non-hydrogen) atoms. The van der Waals surface area contributed by atoms with Crippen molar-refractivity contribution in [3.63, 3.8) is 0 Å². The second-order valence-electron chi connectivity index (χ2n) is 3.57. The second-order valence-corrected chi connectivity index (χ2v) is 3.57. The molecule has 1 aromatic rings. The summed E-state index contributed by atoms with van der Waals surface area (Å²) in [6, 6.07) is 1.86. The van der Waals surface area contributed by atoms with Gasteiger partial charge in [0.15, 0.2) is 0 Å². The molecule has 0 spiro atoms. The first-order valence-electron chi connectivity index (χ1n) is 4.64. The molecule has 0 radical (unpaired) electrons. The molecule has 0 bridgehead atoms. The minimum atomic E-state index is -0.696. The summed E-state index contributed by atoms with van der Waals surface area (Å²) in [4.78, 5) is 14.4. The van der Waals surface area contributed by atoms with Crippen LogP contribution >= 0.6 is 0 Å². The lowest BCUT2D eigenvalue weighted by Gasteiger charge is -2.24. The van der Waals surface area contributed by atoms with Gasteiger partial charge in [-0.25, -0.2) is 4.79 Å². The van der Waals surface area contributed by atoms with Gasteiger partial charge < -0.3 is 15.0 Å². The van der Waals surface area contributed by atoms with Gasteiger partial charge in [-0.3, -0.25) is 0 Å². The summed E-state index contributed by atoms with van der Waals surface area (Å²) < 4.78 is 4.94. The van der Waals surface area contributed by atoms with Crippen molar-refractivity contribution in [2.45, 2.75) is 26.3 Å². The highest BCUT2D eigenvalue weighted by Gasteiger charge is 2.28. The fraction of sp³-hybridized carbons (Fsp3) is 0.500. The fourth-order valence-corrected chi connectivity index (χ4v) is 1.13. The van der Waals surface area contributed by atoms with E-state index in [1.54, 1.807) is 33.2 Å². The molecule has 1 aromatic heterocycles. The normalized spacial score (nSPS) is 11.1. The molecule has 0 aliphatic carbocycles. The summed E-state index contributed by atoms with van der Waals surface area (Å²) in [6.07, 6.45) is 3.59. The van der Waals surface area contributed by atoms with Gasteiger partial charge in [0.05, 0.1) is 12.3 Å². The lowest BCUT2D eigenvalue weighted by atomic mass is 10.1. The van der Waals surface area contributed by atoms with Crippen molar-refractivity contribution in [3.8, 4) is 0 Å².